The Kier molecular flexibility index (Phi) is 2.89. The van der Waals surface area contributed by atoms with Gasteiger partial charge in [0.1, 0.15) is 0 Å². The van der Waals surface area contributed by atoms with Gasteiger partial charge in [0.2, 0.25) is 0 Å². The van der Waals surface area contributed by atoms with Crippen LogP contribution < -0.4 is 5.32 Å². The molecule has 3 heteroatoms. The van der Waals surface area contributed by atoms with Crippen LogP contribution in [0.2, 0.25) is 0 Å². The first-order valence-corrected chi connectivity index (χ1v) is 6.15. The lowest BCUT2D eigenvalue weighted by Crippen LogP contribution is -2.42. The second-order valence-corrected chi connectivity index (χ2v) is 4.89. The van der Waals surface area contributed by atoms with Crippen molar-refractivity contribution in [1.82, 2.24) is 10.3 Å². The van der Waals surface area contributed by atoms with Gasteiger partial charge in [-0.25, -0.2) is 0 Å². The minimum absolute atomic E-state index is 0.481. The zero-order chi connectivity index (χ0) is 10.8. The Bertz CT molecular complexity index is 325. The number of nitrogens with one attached hydrogen (secondary N) is 1. The standard InChI is InChI=1S/C13H18N2O/c1-2-12-8-15-7-11(1)13(12)16-9-10-3-5-14-6-4-10/h3-6,11-13,15H,1-2,7-9H2/t11-,12+,13?. The zero-order valence-corrected chi connectivity index (χ0v) is 9.43. The number of rotatable bonds is 3. The van der Waals surface area contributed by atoms with Crippen LogP contribution in [0.3, 0.4) is 0 Å². The Hall–Kier alpha value is -0.930. The molecule has 16 heavy (non-hydrogen) atoms. The van der Waals surface area contributed by atoms with Gasteiger partial charge in [0.25, 0.3) is 0 Å². The van der Waals surface area contributed by atoms with E-state index >= 15 is 0 Å². The summed E-state index contributed by atoms with van der Waals surface area (Å²) in [7, 11) is 0. The van der Waals surface area contributed by atoms with Gasteiger partial charge in [-0.1, -0.05) is 0 Å². The van der Waals surface area contributed by atoms with E-state index < -0.39 is 0 Å². The Morgan fingerprint density at radius 1 is 1.19 bits per heavy atom. The van der Waals surface area contributed by atoms with Crippen molar-refractivity contribution in [3.05, 3.63) is 30.1 Å². The smallest absolute Gasteiger partial charge is 0.0722 e. The fourth-order valence-corrected chi connectivity index (χ4v) is 2.98. The van der Waals surface area contributed by atoms with Gasteiger partial charge in [-0.3, -0.25) is 4.98 Å². The number of ether oxygens (including phenoxy) is 1. The van der Waals surface area contributed by atoms with E-state index in [-0.39, 0.29) is 0 Å². The molecule has 2 fully saturated rings. The highest BCUT2D eigenvalue weighted by molar-refractivity contribution is 5.08. The third-order valence-corrected chi connectivity index (χ3v) is 3.84. The molecule has 1 saturated carbocycles. The van der Waals surface area contributed by atoms with Crippen LogP contribution in [-0.2, 0) is 11.3 Å². The van der Waals surface area contributed by atoms with Crippen LogP contribution in [0, 0.1) is 11.8 Å². The Labute approximate surface area is 96.2 Å². The molecule has 2 bridgehead atoms. The highest BCUT2D eigenvalue weighted by Gasteiger charge is 2.39. The van der Waals surface area contributed by atoms with E-state index in [0.29, 0.717) is 6.10 Å². The maximum Gasteiger partial charge on any atom is 0.0722 e. The third-order valence-electron chi connectivity index (χ3n) is 3.84. The van der Waals surface area contributed by atoms with Crippen molar-refractivity contribution < 1.29 is 4.74 Å². The van der Waals surface area contributed by atoms with E-state index in [1.54, 1.807) is 0 Å². The van der Waals surface area contributed by atoms with Crippen molar-refractivity contribution in [3.8, 4) is 0 Å². The molecule has 1 aliphatic heterocycles. The molecule has 3 atom stereocenters. The maximum atomic E-state index is 6.09. The van der Waals surface area contributed by atoms with Gasteiger partial charge in [-0.2, -0.15) is 0 Å². The predicted octanol–water partition coefficient (Wildman–Crippen LogP) is 1.60. The average Bonchev–Trinajstić information content (AvgIpc) is 2.57. The Morgan fingerprint density at radius 3 is 2.56 bits per heavy atom. The van der Waals surface area contributed by atoms with Crippen LogP contribution in [-0.4, -0.2) is 24.2 Å². The zero-order valence-electron chi connectivity index (χ0n) is 9.43. The quantitative estimate of drug-likeness (QED) is 0.836. The summed E-state index contributed by atoms with van der Waals surface area (Å²) in [5.74, 6) is 1.47. The van der Waals surface area contributed by atoms with Crippen molar-refractivity contribution >= 4 is 0 Å². The van der Waals surface area contributed by atoms with Gasteiger partial charge in [0.05, 0.1) is 12.7 Å². The van der Waals surface area contributed by atoms with Crippen LogP contribution in [0.25, 0.3) is 0 Å². The first-order chi connectivity index (χ1) is 7.93. The van der Waals surface area contributed by atoms with Gasteiger partial charge in [0.15, 0.2) is 0 Å². The summed E-state index contributed by atoms with van der Waals surface area (Å²) >= 11 is 0. The van der Waals surface area contributed by atoms with Crippen LogP contribution in [0.15, 0.2) is 24.5 Å². The fraction of sp³-hybridized carbons (Fsp3) is 0.615. The number of hydrogen-bond donors (Lipinski definition) is 1. The van der Waals surface area contributed by atoms with Crippen LogP contribution >= 0.6 is 0 Å². The van der Waals surface area contributed by atoms with Crippen LogP contribution in [0.4, 0.5) is 0 Å². The summed E-state index contributed by atoms with van der Waals surface area (Å²) in [6.45, 7) is 3.01. The average molecular weight is 218 g/mol. The normalized spacial score (nSPS) is 32.9. The second kappa shape index (κ2) is 4.52. The SMILES string of the molecule is c1cc(COC2[C@@H]3CC[C@H]2CNC3)ccn1. The topological polar surface area (TPSA) is 34.1 Å². The van der Waals surface area contributed by atoms with Crippen molar-refractivity contribution in [3.63, 3.8) is 0 Å². The van der Waals surface area contributed by atoms with Gasteiger partial charge in [-0.15, -0.1) is 0 Å². The monoisotopic (exact) mass is 218 g/mol. The third kappa shape index (κ3) is 1.97. The molecule has 3 rings (SSSR count). The van der Waals surface area contributed by atoms with E-state index in [2.05, 4.69) is 10.3 Å². The molecule has 86 valence electrons. The van der Waals surface area contributed by atoms with E-state index in [1.165, 1.54) is 18.4 Å². The molecule has 0 spiro atoms. The molecule has 1 N–H and O–H groups in total. The lowest BCUT2D eigenvalue weighted by molar-refractivity contribution is -0.0228. The molecule has 2 heterocycles. The van der Waals surface area contributed by atoms with Crippen molar-refractivity contribution in [2.75, 3.05) is 13.1 Å². The van der Waals surface area contributed by atoms with Crippen LogP contribution in [0.1, 0.15) is 18.4 Å². The Balaban J connectivity index is 1.59. The van der Waals surface area contributed by atoms with Crippen molar-refractivity contribution in [2.24, 2.45) is 11.8 Å². The molecule has 0 amide bonds. The predicted molar refractivity (Wildman–Crippen MR) is 61.9 cm³/mol. The Morgan fingerprint density at radius 2 is 1.88 bits per heavy atom. The molecule has 0 radical (unpaired) electrons. The van der Waals surface area contributed by atoms with Gasteiger partial charge < -0.3 is 10.1 Å². The van der Waals surface area contributed by atoms with Gasteiger partial charge in [0, 0.05) is 25.5 Å². The highest BCUT2D eigenvalue weighted by Crippen LogP contribution is 2.36. The van der Waals surface area contributed by atoms with Gasteiger partial charge >= 0.3 is 0 Å². The summed E-state index contributed by atoms with van der Waals surface area (Å²) in [5, 5.41) is 3.48. The molecule has 1 unspecified atom stereocenters. The number of aromatic nitrogens is 1. The molecule has 1 aliphatic carbocycles. The number of fused-ring (bicyclic) bond motifs is 2. The summed E-state index contributed by atoms with van der Waals surface area (Å²) in [6, 6.07) is 4.06. The van der Waals surface area contributed by atoms with Crippen molar-refractivity contribution in [2.45, 2.75) is 25.6 Å². The first kappa shape index (κ1) is 10.2. The number of nitrogens with zero attached hydrogens (tertiary/aromatic N) is 1. The summed E-state index contributed by atoms with van der Waals surface area (Å²) in [4.78, 5) is 4.02. The number of hydrogen-bond acceptors (Lipinski definition) is 3. The first-order valence-electron chi connectivity index (χ1n) is 6.15. The van der Waals surface area contributed by atoms with E-state index in [9.17, 15) is 0 Å². The summed E-state index contributed by atoms with van der Waals surface area (Å²) in [5.41, 5.74) is 1.23. The molecule has 3 nitrogen and oxygen atoms in total. The largest absolute Gasteiger partial charge is 0.373 e. The van der Waals surface area contributed by atoms with Gasteiger partial charge in [-0.05, 0) is 42.4 Å². The molecule has 1 aromatic rings. The van der Waals surface area contributed by atoms with Crippen molar-refractivity contribution in [1.29, 1.82) is 0 Å². The molecular formula is C13H18N2O. The maximum absolute atomic E-state index is 6.09. The minimum Gasteiger partial charge on any atom is -0.373 e. The summed E-state index contributed by atoms with van der Waals surface area (Å²) in [6.07, 6.45) is 6.80. The lowest BCUT2D eigenvalue weighted by atomic mass is 9.96. The molecule has 1 saturated heterocycles. The minimum atomic E-state index is 0.481. The number of pyridine rings is 1. The second-order valence-electron chi connectivity index (χ2n) is 4.89. The highest BCUT2D eigenvalue weighted by atomic mass is 16.5. The molecular weight excluding hydrogens is 200 g/mol. The van der Waals surface area contributed by atoms with E-state index in [0.717, 1.165) is 31.5 Å². The molecule has 1 aromatic heterocycles. The lowest BCUT2D eigenvalue weighted by Gasteiger charge is -2.30. The number of piperidine rings is 1. The summed E-state index contributed by atoms with van der Waals surface area (Å²) < 4.78 is 6.09. The van der Waals surface area contributed by atoms with E-state index in [4.69, 9.17) is 4.74 Å². The molecule has 2 aliphatic rings. The molecule has 0 aromatic carbocycles. The van der Waals surface area contributed by atoms with E-state index in [1.807, 2.05) is 24.5 Å². The fourth-order valence-electron chi connectivity index (χ4n) is 2.98. The van der Waals surface area contributed by atoms with Crippen LogP contribution in [0.5, 0.6) is 0 Å².